The Balaban J connectivity index is -0.00000128. The average molecular weight is 289 g/mol. The zero-order valence-electron chi connectivity index (χ0n) is 13.0. The van der Waals surface area contributed by atoms with Crippen molar-refractivity contribution in [3.05, 3.63) is 0 Å². The van der Waals surface area contributed by atoms with Crippen molar-refractivity contribution in [2.75, 3.05) is 6.61 Å². The Bertz CT molecular complexity index is 264. The van der Waals surface area contributed by atoms with E-state index in [1.807, 2.05) is 0 Å². The van der Waals surface area contributed by atoms with Crippen LogP contribution in [0.1, 0.15) is 72.6 Å². The molecular formula is C12H28NNaO3S. The summed E-state index contributed by atoms with van der Waals surface area (Å²) in [5, 5.41) is 4.71. The molecular weight excluding hydrogens is 261 g/mol. The van der Waals surface area contributed by atoms with Gasteiger partial charge in [-0.3, -0.25) is 4.18 Å². The van der Waals surface area contributed by atoms with Crippen molar-refractivity contribution < 1.29 is 43.6 Å². The molecule has 0 radical (unpaired) electrons. The van der Waals surface area contributed by atoms with Gasteiger partial charge >= 0.3 is 39.9 Å². The zero-order chi connectivity index (χ0) is 13.0. The molecule has 0 aliphatic rings. The Morgan fingerprint density at radius 3 is 1.67 bits per heavy atom. The first-order valence-corrected chi connectivity index (χ1v) is 8.20. The molecule has 0 amide bonds. The van der Waals surface area contributed by atoms with E-state index in [1.165, 1.54) is 44.9 Å². The molecule has 6 heteroatoms. The number of hydrogen-bond donors (Lipinski definition) is 1. The van der Waals surface area contributed by atoms with Gasteiger partial charge in [0.05, 0.1) is 6.61 Å². The fourth-order valence-electron chi connectivity index (χ4n) is 1.76. The van der Waals surface area contributed by atoms with Gasteiger partial charge in [0.25, 0.3) is 0 Å². The van der Waals surface area contributed by atoms with Crippen LogP contribution in [0, 0.1) is 0 Å². The molecule has 0 spiro atoms. The van der Waals surface area contributed by atoms with Crippen molar-refractivity contribution in [3.63, 3.8) is 0 Å². The molecule has 106 valence electrons. The Kier molecular flexibility index (Phi) is 16.8. The first kappa shape index (κ1) is 21.2. The first-order chi connectivity index (χ1) is 8.06. The van der Waals surface area contributed by atoms with E-state index in [4.69, 9.17) is 5.14 Å². The van der Waals surface area contributed by atoms with Crippen LogP contribution in [0.5, 0.6) is 0 Å². The monoisotopic (exact) mass is 289 g/mol. The van der Waals surface area contributed by atoms with Gasteiger partial charge in [-0.25, -0.2) is 5.14 Å². The second kappa shape index (κ2) is 14.3. The Labute approximate surface area is 136 Å². The fraction of sp³-hybridized carbons (Fsp3) is 1.00. The quantitative estimate of drug-likeness (QED) is 0.413. The predicted octanol–water partition coefficient (Wildman–Crippen LogP) is 0.244. The van der Waals surface area contributed by atoms with E-state index in [0.29, 0.717) is 0 Å². The smallest absolute Gasteiger partial charge is 1.00 e. The van der Waals surface area contributed by atoms with Crippen molar-refractivity contribution in [2.45, 2.75) is 71.1 Å². The van der Waals surface area contributed by atoms with E-state index in [9.17, 15) is 8.42 Å². The largest absolute Gasteiger partial charge is 1.00 e. The molecule has 0 heterocycles. The van der Waals surface area contributed by atoms with Gasteiger partial charge in [0.15, 0.2) is 0 Å². The van der Waals surface area contributed by atoms with Gasteiger partial charge < -0.3 is 1.43 Å². The van der Waals surface area contributed by atoms with E-state index >= 15 is 0 Å². The topological polar surface area (TPSA) is 69.4 Å². The summed E-state index contributed by atoms with van der Waals surface area (Å²) in [5.74, 6) is 0. The minimum Gasteiger partial charge on any atom is -1.00 e. The summed E-state index contributed by atoms with van der Waals surface area (Å²) in [4.78, 5) is 0. The van der Waals surface area contributed by atoms with Gasteiger partial charge in [-0.1, -0.05) is 64.7 Å². The van der Waals surface area contributed by atoms with Crippen molar-refractivity contribution in [1.29, 1.82) is 0 Å². The number of hydrogen-bond acceptors (Lipinski definition) is 3. The SMILES string of the molecule is CCCCCCCCCCCCOS(N)(=O)=O.[H-].[Na+]. The number of unbranched alkanes of at least 4 members (excludes halogenated alkanes) is 9. The van der Waals surface area contributed by atoms with Gasteiger partial charge in [0, 0.05) is 0 Å². The average Bonchev–Trinajstić information content (AvgIpc) is 2.24. The molecule has 0 bridgehead atoms. The second-order valence-electron chi connectivity index (χ2n) is 4.50. The van der Waals surface area contributed by atoms with Crippen LogP contribution in [0.25, 0.3) is 0 Å². The second-order valence-corrected chi connectivity index (χ2v) is 5.72. The minimum atomic E-state index is -3.73. The van der Waals surface area contributed by atoms with Gasteiger partial charge in [-0.05, 0) is 6.42 Å². The molecule has 0 aromatic rings. The summed E-state index contributed by atoms with van der Waals surface area (Å²) in [6.07, 6.45) is 12.2. The molecule has 0 fully saturated rings. The van der Waals surface area contributed by atoms with E-state index in [0.717, 1.165) is 19.3 Å². The first-order valence-electron chi connectivity index (χ1n) is 6.73. The summed E-state index contributed by atoms with van der Waals surface area (Å²) in [7, 11) is -3.73. The Hall–Kier alpha value is 0.870. The van der Waals surface area contributed by atoms with Crippen molar-refractivity contribution in [1.82, 2.24) is 0 Å². The van der Waals surface area contributed by atoms with Crippen molar-refractivity contribution >= 4 is 10.3 Å². The van der Waals surface area contributed by atoms with Crippen LogP contribution < -0.4 is 34.7 Å². The third-order valence-corrected chi connectivity index (χ3v) is 3.24. The van der Waals surface area contributed by atoms with Gasteiger partial charge in [0.2, 0.25) is 0 Å². The van der Waals surface area contributed by atoms with Crippen LogP contribution in [-0.2, 0) is 14.5 Å². The van der Waals surface area contributed by atoms with Crippen LogP contribution in [0.15, 0.2) is 0 Å². The fourth-order valence-corrected chi connectivity index (χ4v) is 2.11. The van der Waals surface area contributed by atoms with E-state index < -0.39 is 10.3 Å². The molecule has 18 heavy (non-hydrogen) atoms. The normalized spacial score (nSPS) is 11.2. The molecule has 0 aliphatic heterocycles. The Morgan fingerprint density at radius 2 is 1.28 bits per heavy atom. The summed E-state index contributed by atoms with van der Waals surface area (Å²) < 4.78 is 25.3. The number of rotatable bonds is 12. The van der Waals surface area contributed by atoms with E-state index in [1.54, 1.807) is 0 Å². The predicted molar refractivity (Wildman–Crippen MR) is 72.0 cm³/mol. The molecule has 0 saturated heterocycles. The molecule has 0 atom stereocenters. The molecule has 0 rings (SSSR count). The maximum absolute atomic E-state index is 10.4. The van der Waals surface area contributed by atoms with Crippen molar-refractivity contribution in [2.24, 2.45) is 5.14 Å². The number of nitrogens with two attached hydrogens (primary N) is 1. The third kappa shape index (κ3) is 19.2. The minimum absolute atomic E-state index is 0. The summed E-state index contributed by atoms with van der Waals surface area (Å²) in [5.41, 5.74) is 0. The van der Waals surface area contributed by atoms with Crippen LogP contribution >= 0.6 is 0 Å². The van der Waals surface area contributed by atoms with Crippen LogP contribution in [0.4, 0.5) is 0 Å². The molecule has 0 saturated carbocycles. The van der Waals surface area contributed by atoms with Crippen LogP contribution in [-0.4, -0.2) is 15.0 Å². The van der Waals surface area contributed by atoms with Crippen LogP contribution in [0.3, 0.4) is 0 Å². The van der Waals surface area contributed by atoms with E-state index in [-0.39, 0.29) is 37.6 Å². The molecule has 4 nitrogen and oxygen atoms in total. The Morgan fingerprint density at radius 1 is 0.889 bits per heavy atom. The van der Waals surface area contributed by atoms with Crippen LogP contribution in [0.2, 0.25) is 0 Å². The standard InChI is InChI=1S/C12H27NO3S.Na.H/c1-2-3-4-5-6-7-8-9-10-11-12-16-17(13,14)15;;/h2-12H2,1H3,(H2,13,14,15);;/q;+1;-1. The van der Waals surface area contributed by atoms with Gasteiger partial charge in [-0.2, -0.15) is 8.42 Å². The third-order valence-electron chi connectivity index (χ3n) is 2.75. The molecule has 0 aliphatic carbocycles. The van der Waals surface area contributed by atoms with E-state index in [2.05, 4.69) is 11.1 Å². The van der Waals surface area contributed by atoms with Gasteiger partial charge in [-0.15, -0.1) is 0 Å². The molecule has 0 aromatic carbocycles. The summed E-state index contributed by atoms with van der Waals surface area (Å²) >= 11 is 0. The maximum atomic E-state index is 10.4. The summed E-state index contributed by atoms with van der Waals surface area (Å²) in [6, 6.07) is 0. The maximum Gasteiger partial charge on any atom is 1.00 e. The van der Waals surface area contributed by atoms with Gasteiger partial charge in [0.1, 0.15) is 0 Å². The zero-order valence-corrected chi connectivity index (χ0v) is 14.8. The summed E-state index contributed by atoms with van der Waals surface area (Å²) in [6.45, 7) is 2.44. The van der Waals surface area contributed by atoms with Crippen molar-refractivity contribution in [3.8, 4) is 0 Å². The molecule has 0 aromatic heterocycles. The molecule has 2 N–H and O–H groups in total. The molecule has 0 unspecified atom stereocenters.